The second-order valence-corrected chi connectivity index (χ2v) is 6.31. The first-order valence-electron chi connectivity index (χ1n) is 7.85. The standard InChI is InChI=1S/C18H23NO2S/c1-4-5-10-21-18(22)16-13-8-6-7-9-15(13)19-17(20)14(16)11-12(2)3/h6-9,12H,4-5,10-11H2,1-3H3,(H,19,20). The van der Waals surface area contributed by atoms with E-state index in [0.717, 1.165) is 34.9 Å². The van der Waals surface area contributed by atoms with Gasteiger partial charge >= 0.3 is 0 Å². The molecule has 1 aromatic heterocycles. The molecular weight excluding hydrogens is 294 g/mol. The number of H-pyrrole nitrogens is 1. The fourth-order valence-corrected chi connectivity index (χ4v) is 2.82. The molecule has 0 bridgehead atoms. The van der Waals surface area contributed by atoms with Gasteiger partial charge in [-0.15, -0.1) is 0 Å². The Hall–Kier alpha value is -1.68. The molecule has 0 saturated carbocycles. The van der Waals surface area contributed by atoms with E-state index >= 15 is 0 Å². The predicted molar refractivity (Wildman–Crippen MR) is 95.7 cm³/mol. The highest BCUT2D eigenvalue weighted by Gasteiger charge is 2.18. The lowest BCUT2D eigenvalue weighted by Crippen LogP contribution is -2.21. The van der Waals surface area contributed by atoms with Crippen molar-refractivity contribution in [2.75, 3.05) is 6.61 Å². The fourth-order valence-electron chi connectivity index (χ4n) is 2.50. The van der Waals surface area contributed by atoms with Gasteiger partial charge in [0.2, 0.25) is 0 Å². The topological polar surface area (TPSA) is 42.1 Å². The van der Waals surface area contributed by atoms with Gasteiger partial charge in [-0.25, -0.2) is 0 Å². The summed E-state index contributed by atoms with van der Waals surface area (Å²) in [6.07, 6.45) is 2.70. The second-order valence-electron chi connectivity index (χ2n) is 5.94. The minimum atomic E-state index is -0.0659. The number of hydrogen-bond donors (Lipinski definition) is 1. The molecule has 1 aromatic carbocycles. The van der Waals surface area contributed by atoms with Gasteiger partial charge in [0.15, 0.2) is 5.05 Å². The van der Waals surface area contributed by atoms with Gasteiger partial charge < -0.3 is 9.72 Å². The zero-order chi connectivity index (χ0) is 16.1. The van der Waals surface area contributed by atoms with E-state index in [1.807, 2.05) is 24.3 Å². The second kappa shape index (κ2) is 7.54. The minimum Gasteiger partial charge on any atom is -0.483 e. The lowest BCUT2D eigenvalue weighted by molar-refractivity contribution is 0.305. The number of aromatic nitrogens is 1. The molecule has 0 aliphatic rings. The molecule has 2 rings (SSSR count). The van der Waals surface area contributed by atoms with Crippen molar-refractivity contribution >= 4 is 28.2 Å². The van der Waals surface area contributed by atoms with E-state index < -0.39 is 0 Å². The number of nitrogens with one attached hydrogen (secondary N) is 1. The molecule has 22 heavy (non-hydrogen) atoms. The van der Waals surface area contributed by atoms with Crippen molar-refractivity contribution in [2.45, 2.75) is 40.0 Å². The predicted octanol–water partition coefficient (Wildman–Crippen LogP) is 4.22. The van der Waals surface area contributed by atoms with Gasteiger partial charge in [-0.1, -0.05) is 45.4 Å². The van der Waals surface area contributed by atoms with Crippen molar-refractivity contribution in [3.63, 3.8) is 0 Å². The van der Waals surface area contributed by atoms with Crippen molar-refractivity contribution < 1.29 is 4.74 Å². The lowest BCUT2D eigenvalue weighted by atomic mass is 9.96. The third-order valence-electron chi connectivity index (χ3n) is 3.57. The lowest BCUT2D eigenvalue weighted by Gasteiger charge is -2.15. The molecule has 0 atom stereocenters. The van der Waals surface area contributed by atoms with E-state index in [-0.39, 0.29) is 5.56 Å². The number of para-hydroxylation sites is 1. The monoisotopic (exact) mass is 317 g/mol. The van der Waals surface area contributed by atoms with Gasteiger partial charge in [0.25, 0.3) is 5.56 Å². The summed E-state index contributed by atoms with van der Waals surface area (Å²) in [5, 5.41) is 1.39. The van der Waals surface area contributed by atoms with Crippen LogP contribution in [-0.2, 0) is 11.2 Å². The van der Waals surface area contributed by atoms with E-state index in [4.69, 9.17) is 17.0 Å². The highest BCUT2D eigenvalue weighted by Crippen LogP contribution is 2.22. The Morgan fingerprint density at radius 2 is 2.05 bits per heavy atom. The quantitative estimate of drug-likeness (QED) is 0.641. The molecule has 0 aliphatic heterocycles. The Labute approximate surface area is 136 Å². The van der Waals surface area contributed by atoms with Crippen molar-refractivity contribution in [3.05, 3.63) is 45.7 Å². The molecule has 0 saturated heterocycles. The summed E-state index contributed by atoms with van der Waals surface area (Å²) in [5.41, 5.74) is 2.26. The molecule has 1 N–H and O–H groups in total. The number of unbranched alkanes of at least 4 members (excludes halogenated alkanes) is 1. The maximum Gasteiger partial charge on any atom is 0.252 e. The molecule has 0 aliphatic carbocycles. The molecule has 4 heteroatoms. The van der Waals surface area contributed by atoms with E-state index in [1.54, 1.807) is 0 Å². The molecule has 2 aromatic rings. The molecular formula is C18H23NO2S. The van der Waals surface area contributed by atoms with E-state index in [2.05, 4.69) is 25.8 Å². The van der Waals surface area contributed by atoms with Gasteiger partial charge in [-0.3, -0.25) is 4.79 Å². The SMILES string of the molecule is CCCCOC(=S)c1c(CC(C)C)c(=O)[nH]c2ccccc12. The van der Waals surface area contributed by atoms with Gasteiger partial charge in [0.05, 0.1) is 6.61 Å². The van der Waals surface area contributed by atoms with Crippen LogP contribution in [0.2, 0.25) is 0 Å². The largest absolute Gasteiger partial charge is 0.483 e. The van der Waals surface area contributed by atoms with Crippen LogP contribution in [0.15, 0.2) is 29.1 Å². The Kier molecular flexibility index (Phi) is 5.72. The third kappa shape index (κ3) is 3.74. The van der Waals surface area contributed by atoms with Crippen molar-refractivity contribution in [3.8, 4) is 0 Å². The number of aromatic amines is 1. The van der Waals surface area contributed by atoms with Crippen molar-refractivity contribution in [1.29, 1.82) is 0 Å². The first kappa shape index (κ1) is 16.7. The van der Waals surface area contributed by atoms with E-state index in [0.29, 0.717) is 24.0 Å². The molecule has 0 fully saturated rings. The number of hydrogen-bond acceptors (Lipinski definition) is 3. The van der Waals surface area contributed by atoms with Crippen LogP contribution >= 0.6 is 12.2 Å². The van der Waals surface area contributed by atoms with Crippen LogP contribution in [0.25, 0.3) is 10.9 Å². The van der Waals surface area contributed by atoms with Crippen LogP contribution in [0, 0.1) is 5.92 Å². The van der Waals surface area contributed by atoms with Crippen molar-refractivity contribution in [2.24, 2.45) is 5.92 Å². The van der Waals surface area contributed by atoms with Crippen LogP contribution in [0.5, 0.6) is 0 Å². The summed E-state index contributed by atoms with van der Waals surface area (Å²) in [6, 6.07) is 7.75. The number of benzene rings is 1. The summed E-state index contributed by atoms with van der Waals surface area (Å²) in [5.74, 6) is 0.374. The average molecular weight is 317 g/mol. The maximum absolute atomic E-state index is 12.5. The zero-order valence-electron chi connectivity index (χ0n) is 13.4. The molecule has 3 nitrogen and oxygen atoms in total. The van der Waals surface area contributed by atoms with E-state index in [9.17, 15) is 4.79 Å². The Morgan fingerprint density at radius 1 is 1.32 bits per heavy atom. The summed E-state index contributed by atoms with van der Waals surface area (Å²) in [7, 11) is 0. The normalized spacial score (nSPS) is 11.1. The summed E-state index contributed by atoms with van der Waals surface area (Å²) in [6.45, 7) is 6.90. The number of fused-ring (bicyclic) bond motifs is 1. The van der Waals surface area contributed by atoms with Crippen LogP contribution in [0.1, 0.15) is 44.7 Å². The number of thiocarbonyl (C=S) groups is 1. The molecule has 0 unspecified atom stereocenters. The van der Waals surface area contributed by atoms with Crippen LogP contribution in [0.3, 0.4) is 0 Å². The molecule has 0 radical (unpaired) electrons. The van der Waals surface area contributed by atoms with Gasteiger partial charge in [-0.2, -0.15) is 0 Å². The highest BCUT2D eigenvalue weighted by molar-refractivity contribution is 7.80. The molecule has 1 heterocycles. The number of rotatable bonds is 6. The van der Waals surface area contributed by atoms with Crippen LogP contribution in [-0.4, -0.2) is 16.6 Å². The zero-order valence-corrected chi connectivity index (χ0v) is 14.3. The smallest absolute Gasteiger partial charge is 0.252 e. The Balaban J connectivity index is 2.55. The number of ether oxygens (including phenoxy) is 1. The molecule has 0 amide bonds. The van der Waals surface area contributed by atoms with Crippen molar-refractivity contribution in [1.82, 2.24) is 4.98 Å². The summed E-state index contributed by atoms with van der Waals surface area (Å²) in [4.78, 5) is 15.4. The maximum atomic E-state index is 12.5. The van der Waals surface area contributed by atoms with Crippen LogP contribution in [0.4, 0.5) is 0 Å². The van der Waals surface area contributed by atoms with Crippen LogP contribution < -0.4 is 5.56 Å². The average Bonchev–Trinajstić information content (AvgIpc) is 2.47. The minimum absolute atomic E-state index is 0.0659. The summed E-state index contributed by atoms with van der Waals surface area (Å²) >= 11 is 5.49. The highest BCUT2D eigenvalue weighted by atomic mass is 32.1. The third-order valence-corrected chi connectivity index (χ3v) is 3.89. The number of pyridine rings is 1. The Morgan fingerprint density at radius 3 is 2.73 bits per heavy atom. The first-order chi connectivity index (χ1) is 10.5. The fraction of sp³-hybridized carbons (Fsp3) is 0.444. The van der Waals surface area contributed by atoms with Gasteiger partial charge in [0, 0.05) is 22.0 Å². The summed E-state index contributed by atoms with van der Waals surface area (Å²) < 4.78 is 5.73. The molecule has 118 valence electrons. The first-order valence-corrected chi connectivity index (χ1v) is 8.26. The van der Waals surface area contributed by atoms with E-state index in [1.165, 1.54) is 0 Å². The molecule has 0 spiro atoms. The van der Waals surface area contributed by atoms with Gasteiger partial charge in [-0.05, 0) is 37.0 Å². The van der Waals surface area contributed by atoms with Gasteiger partial charge in [0.1, 0.15) is 0 Å². The Bertz CT molecular complexity index is 719.